The van der Waals surface area contributed by atoms with Gasteiger partial charge in [0, 0.05) is 31.8 Å². The van der Waals surface area contributed by atoms with Gasteiger partial charge in [-0.2, -0.15) is 0 Å². The fraction of sp³-hybridized carbons (Fsp3) is 0.588. The third-order valence-corrected chi connectivity index (χ3v) is 5.99. The van der Waals surface area contributed by atoms with Gasteiger partial charge in [-0.05, 0) is 37.5 Å². The molecule has 7 nitrogen and oxygen atoms in total. The van der Waals surface area contributed by atoms with Crippen LogP contribution in [0.5, 0.6) is 0 Å². The van der Waals surface area contributed by atoms with Crippen LogP contribution in [0.3, 0.4) is 0 Å². The number of nitrogens with zero attached hydrogens (tertiary/aromatic N) is 1. The van der Waals surface area contributed by atoms with E-state index in [4.69, 9.17) is 9.47 Å². The van der Waals surface area contributed by atoms with E-state index in [1.807, 2.05) is 6.92 Å². The summed E-state index contributed by atoms with van der Waals surface area (Å²) in [5.41, 5.74) is 1.18. The van der Waals surface area contributed by atoms with Crippen LogP contribution < -0.4 is 4.72 Å². The van der Waals surface area contributed by atoms with Crippen LogP contribution in [-0.4, -0.2) is 64.8 Å². The highest BCUT2D eigenvalue weighted by Crippen LogP contribution is 2.19. The summed E-state index contributed by atoms with van der Waals surface area (Å²) in [5.74, 6) is -0.156. The highest BCUT2D eigenvalue weighted by molar-refractivity contribution is 7.89. The van der Waals surface area contributed by atoms with Gasteiger partial charge in [-0.3, -0.25) is 4.79 Å². The van der Waals surface area contributed by atoms with Crippen LogP contribution in [0.4, 0.5) is 0 Å². The molecule has 2 heterocycles. The van der Waals surface area contributed by atoms with Crippen molar-refractivity contribution in [2.45, 2.75) is 30.8 Å². The molecule has 2 saturated heterocycles. The van der Waals surface area contributed by atoms with Crippen molar-refractivity contribution in [3.05, 3.63) is 29.3 Å². The van der Waals surface area contributed by atoms with E-state index in [1.165, 1.54) is 12.1 Å². The van der Waals surface area contributed by atoms with Gasteiger partial charge in [-0.15, -0.1) is 0 Å². The van der Waals surface area contributed by atoms with Crippen LogP contribution in [0.2, 0.25) is 0 Å². The van der Waals surface area contributed by atoms with Crippen LogP contribution in [-0.2, 0) is 19.5 Å². The molecule has 3 rings (SSSR count). The van der Waals surface area contributed by atoms with E-state index in [-0.39, 0.29) is 23.5 Å². The van der Waals surface area contributed by atoms with E-state index >= 15 is 0 Å². The fourth-order valence-corrected chi connectivity index (χ4v) is 4.12. The number of ether oxygens (including phenoxy) is 2. The smallest absolute Gasteiger partial charge is 0.254 e. The second-order valence-electron chi connectivity index (χ2n) is 6.37. The third-order valence-electron chi connectivity index (χ3n) is 4.57. The Morgan fingerprint density at radius 3 is 2.72 bits per heavy atom. The van der Waals surface area contributed by atoms with E-state index in [2.05, 4.69) is 4.72 Å². The van der Waals surface area contributed by atoms with E-state index < -0.39 is 10.0 Å². The first-order valence-electron chi connectivity index (χ1n) is 8.56. The Hall–Kier alpha value is -1.48. The molecule has 0 bridgehead atoms. The average molecular weight is 368 g/mol. The Morgan fingerprint density at radius 2 is 2.04 bits per heavy atom. The molecule has 2 fully saturated rings. The number of benzene rings is 1. The van der Waals surface area contributed by atoms with E-state index in [0.29, 0.717) is 38.5 Å². The lowest BCUT2D eigenvalue weighted by Gasteiger charge is -2.27. The molecule has 25 heavy (non-hydrogen) atoms. The zero-order valence-corrected chi connectivity index (χ0v) is 15.2. The summed E-state index contributed by atoms with van der Waals surface area (Å²) in [6.45, 7) is 4.79. The average Bonchev–Trinajstić information content (AvgIpc) is 3.14. The summed E-state index contributed by atoms with van der Waals surface area (Å²) in [6.07, 6.45) is 1.74. The number of carbonyl (C=O) groups excluding carboxylic acids is 1. The molecule has 0 aliphatic carbocycles. The minimum absolute atomic E-state index is 0.0744. The van der Waals surface area contributed by atoms with E-state index in [1.54, 1.807) is 11.0 Å². The molecular formula is C17H24N2O5S. The monoisotopic (exact) mass is 368 g/mol. The van der Waals surface area contributed by atoms with Crippen LogP contribution in [0.25, 0.3) is 0 Å². The summed E-state index contributed by atoms with van der Waals surface area (Å²) in [6, 6.07) is 4.67. The summed E-state index contributed by atoms with van der Waals surface area (Å²) >= 11 is 0. The molecule has 1 aromatic carbocycles. The molecule has 0 saturated carbocycles. The quantitative estimate of drug-likeness (QED) is 0.836. The van der Waals surface area contributed by atoms with Crippen molar-refractivity contribution < 1.29 is 22.7 Å². The summed E-state index contributed by atoms with van der Waals surface area (Å²) in [7, 11) is -3.68. The van der Waals surface area contributed by atoms with Gasteiger partial charge in [0.25, 0.3) is 5.91 Å². The molecule has 0 aromatic heterocycles. The van der Waals surface area contributed by atoms with Crippen LogP contribution >= 0.6 is 0 Å². The van der Waals surface area contributed by atoms with Crippen molar-refractivity contribution in [2.75, 3.05) is 39.5 Å². The lowest BCUT2D eigenvalue weighted by atomic mass is 10.1. The first-order valence-corrected chi connectivity index (χ1v) is 10.0. The largest absolute Gasteiger partial charge is 0.378 e. The van der Waals surface area contributed by atoms with Crippen LogP contribution in [0, 0.1) is 6.92 Å². The van der Waals surface area contributed by atoms with Crippen molar-refractivity contribution in [1.29, 1.82) is 0 Å². The zero-order valence-electron chi connectivity index (χ0n) is 14.4. The molecular weight excluding hydrogens is 344 g/mol. The van der Waals surface area contributed by atoms with Gasteiger partial charge in [-0.25, -0.2) is 13.1 Å². The predicted molar refractivity (Wildman–Crippen MR) is 92.1 cm³/mol. The number of morpholine rings is 1. The van der Waals surface area contributed by atoms with E-state index in [9.17, 15) is 13.2 Å². The maximum atomic E-state index is 12.7. The second kappa shape index (κ2) is 7.82. The fourth-order valence-electron chi connectivity index (χ4n) is 3.03. The van der Waals surface area contributed by atoms with Gasteiger partial charge in [0.2, 0.25) is 10.0 Å². The van der Waals surface area contributed by atoms with Crippen LogP contribution in [0.15, 0.2) is 23.1 Å². The molecule has 0 radical (unpaired) electrons. The van der Waals surface area contributed by atoms with Crippen LogP contribution in [0.1, 0.15) is 28.8 Å². The number of carbonyl (C=O) groups is 1. The Bertz CT molecular complexity index is 723. The van der Waals surface area contributed by atoms with Crippen molar-refractivity contribution >= 4 is 15.9 Å². The first kappa shape index (κ1) is 18.3. The van der Waals surface area contributed by atoms with Gasteiger partial charge in [0.1, 0.15) is 0 Å². The normalized spacial score (nSPS) is 21.5. The molecule has 0 unspecified atom stereocenters. The minimum atomic E-state index is -3.68. The number of hydrogen-bond donors (Lipinski definition) is 1. The van der Waals surface area contributed by atoms with Crippen molar-refractivity contribution in [3.63, 3.8) is 0 Å². The molecule has 138 valence electrons. The van der Waals surface area contributed by atoms with Gasteiger partial charge in [-0.1, -0.05) is 6.07 Å². The van der Waals surface area contributed by atoms with Crippen molar-refractivity contribution in [2.24, 2.45) is 0 Å². The molecule has 8 heteroatoms. The zero-order chi connectivity index (χ0) is 17.9. The maximum absolute atomic E-state index is 12.7. The summed E-state index contributed by atoms with van der Waals surface area (Å²) in [4.78, 5) is 14.5. The lowest BCUT2D eigenvalue weighted by Crippen LogP contribution is -2.41. The topological polar surface area (TPSA) is 84.9 Å². The molecule has 1 atom stereocenters. The molecule has 1 aromatic rings. The molecule has 2 aliphatic heterocycles. The number of sulfonamides is 1. The number of hydrogen-bond acceptors (Lipinski definition) is 5. The molecule has 1 amide bonds. The highest BCUT2D eigenvalue weighted by Gasteiger charge is 2.24. The van der Waals surface area contributed by atoms with Gasteiger partial charge in [0.15, 0.2) is 0 Å². The van der Waals surface area contributed by atoms with Gasteiger partial charge in [0.05, 0.1) is 24.2 Å². The molecule has 2 aliphatic rings. The highest BCUT2D eigenvalue weighted by atomic mass is 32.2. The van der Waals surface area contributed by atoms with Crippen molar-refractivity contribution in [3.8, 4) is 0 Å². The lowest BCUT2D eigenvalue weighted by molar-refractivity contribution is 0.0302. The number of aryl methyl sites for hydroxylation is 1. The SMILES string of the molecule is Cc1ccc(S(=O)(=O)NC[C@H]2CCCO2)cc1C(=O)N1CCOCC1. The third kappa shape index (κ3) is 4.38. The standard InChI is InChI=1S/C17H24N2O5S/c1-13-4-5-15(25(21,22)18-12-14-3-2-8-24-14)11-16(13)17(20)19-6-9-23-10-7-19/h4-5,11,14,18H,2-3,6-10,12H2,1H3/t14-/m1/s1. The Kier molecular flexibility index (Phi) is 5.73. The first-order chi connectivity index (χ1) is 12.0. The van der Waals surface area contributed by atoms with Crippen molar-refractivity contribution in [1.82, 2.24) is 9.62 Å². The number of rotatable bonds is 5. The van der Waals surface area contributed by atoms with Gasteiger partial charge < -0.3 is 14.4 Å². The Labute approximate surface area is 148 Å². The minimum Gasteiger partial charge on any atom is -0.378 e. The number of amides is 1. The second-order valence-corrected chi connectivity index (χ2v) is 8.14. The summed E-state index contributed by atoms with van der Waals surface area (Å²) < 4.78 is 38.4. The number of nitrogens with one attached hydrogen (secondary N) is 1. The Balaban J connectivity index is 1.76. The predicted octanol–water partition coefficient (Wildman–Crippen LogP) is 0.925. The molecule has 0 spiro atoms. The Morgan fingerprint density at radius 1 is 1.28 bits per heavy atom. The maximum Gasteiger partial charge on any atom is 0.254 e. The van der Waals surface area contributed by atoms with E-state index in [0.717, 1.165) is 18.4 Å². The van der Waals surface area contributed by atoms with Gasteiger partial charge >= 0.3 is 0 Å². The summed E-state index contributed by atoms with van der Waals surface area (Å²) in [5, 5.41) is 0. The molecule has 1 N–H and O–H groups in total.